The third-order valence-corrected chi connectivity index (χ3v) is 8.92. The monoisotopic (exact) mass is 633 g/mol. The predicted molar refractivity (Wildman–Crippen MR) is 193 cm³/mol. The highest BCUT2D eigenvalue weighted by Crippen LogP contribution is 2.42. The number of halogens is 2. The van der Waals surface area contributed by atoms with E-state index in [4.69, 9.17) is 6.57 Å². The van der Waals surface area contributed by atoms with Crippen LogP contribution in [0, 0.1) is 29.5 Å². The quantitative estimate of drug-likeness (QED) is 0.174. The van der Waals surface area contributed by atoms with E-state index in [2.05, 4.69) is 51.9 Å². The van der Waals surface area contributed by atoms with Crippen molar-refractivity contribution in [1.29, 1.82) is 5.26 Å². The van der Waals surface area contributed by atoms with Crippen LogP contribution in [0.5, 0.6) is 0 Å². The van der Waals surface area contributed by atoms with E-state index in [9.17, 15) is 14.0 Å². The highest BCUT2D eigenvalue weighted by atomic mass is 19.1. The molecule has 0 N–H and O–H groups in total. The van der Waals surface area contributed by atoms with Crippen molar-refractivity contribution < 1.29 is 8.78 Å². The number of hydrogen-bond donors (Lipinski definition) is 0. The van der Waals surface area contributed by atoms with E-state index in [-0.39, 0.29) is 11.3 Å². The van der Waals surface area contributed by atoms with Crippen molar-refractivity contribution in [3.05, 3.63) is 180 Å². The Kier molecular flexibility index (Phi) is 7.29. The van der Waals surface area contributed by atoms with Gasteiger partial charge in [-0.3, -0.25) is 0 Å². The van der Waals surface area contributed by atoms with E-state index in [1.165, 1.54) is 24.3 Å². The van der Waals surface area contributed by atoms with Gasteiger partial charge in [0.25, 0.3) is 0 Å². The minimum absolute atomic E-state index is 0.227. The van der Waals surface area contributed by atoms with Gasteiger partial charge in [-0.2, -0.15) is 5.26 Å². The van der Waals surface area contributed by atoms with Gasteiger partial charge in [-0.05, 0) is 106 Å². The van der Waals surface area contributed by atoms with Crippen molar-refractivity contribution in [1.82, 2.24) is 4.57 Å². The van der Waals surface area contributed by atoms with Crippen molar-refractivity contribution >= 4 is 27.5 Å². The molecule has 8 rings (SSSR count). The lowest BCUT2D eigenvalue weighted by Crippen LogP contribution is -1.98. The van der Waals surface area contributed by atoms with Gasteiger partial charge in [0, 0.05) is 16.3 Å². The van der Waals surface area contributed by atoms with Crippen LogP contribution in [-0.4, -0.2) is 4.57 Å². The Hall–Kier alpha value is -6.82. The van der Waals surface area contributed by atoms with Crippen LogP contribution in [0.4, 0.5) is 14.5 Å². The molecule has 0 amide bonds. The summed E-state index contributed by atoms with van der Waals surface area (Å²) in [5, 5.41) is 11.3. The first kappa shape index (κ1) is 29.6. The summed E-state index contributed by atoms with van der Waals surface area (Å²) in [7, 11) is 0. The standard InChI is InChI=1S/C44H25F2N3/c1-48-36-23-33(22-35(46)26-36)31-16-18-44-41(25-31)40-24-30(32-19-28(27-47)20-34(45)21-32)15-17-43(40)49(44)42-14-8-7-13-39(42)38-12-6-5-11-37(38)29-9-3-2-4-10-29/h2-26H. The van der Waals surface area contributed by atoms with Gasteiger partial charge in [-0.1, -0.05) is 84.9 Å². The topological polar surface area (TPSA) is 33.1 Å². The maximum Gasteiger partial charge on any atom is 0.190 e. The number of aromatic nitrogens is 1. The summed E-state index contributed by atoms with van der Waals surface area (Å²) >= 11 is 0. The highest BCUT2D eigenvalue weighted by molar-refractivity contribution is 6.12. The molecule has 5 heteroatoms. The maximum absolute atomic E-state index is 14.6. The summed E-state index contributed by atoms with van der Waals surface area (Å²) in [4.78, 5) is 3.46. The van der Waals surface area contributed by atoms with Gasteiger partial charge in [0.15, 0.2) is 5.69 Å². The fourth-order valence-corrected chi connectivity index (χ4v) is 6.75. The second kappa shape index (κ2) is 12.1. The molecule has 0 saturated carbocycles. The number of para-hydroxylation sites is 1. The van der Waals surface area contributed by atoms with Crippen molar-refractivity contribution in [3.8, 4) is 56.3 Å². The van der Waals surface area contributed by atoms with E-state index >= 15 is 0 Å². The van der Waals surface area contributed by atoms with E-state index in [1.54, 1.807) is 12.1 Å². The minimum atomic E-state index is -0.480. The first-order valence-corrected chi connectivity index (χ1v) is 15.7. The lowest BCUT2D eigenvalue weighted by Gasteiger charge is -2.17. The zero-order chi connectivity index (χ0) is 33.5. The van der Waals surface area contributed by atoms with Crippen molar-refractivity contribution in [2.45, 2.75) is 0 Å². The Labute approximate surface area is 282 Å². The number of nitrogens with zero attached hydrogens (tertiary/aromatic N) is 3. The van der Waals surface area contributed by atoms with Crippen molar-refractivity contribution in [2.75, 3.05) is 0 Å². The molecule has 3 nitrogen and oxygen atoms in total. The van der Waals surface area contributed by atoms with Gasteiger partial charge in [0.1, 0.15) is 11.6 Å². The number of rotatable bonds is 5. The number of hydrogen-bond acceptors (Lipinski definition) is 1. The Morgan fingerprint density at radius 1 is 0.510 bits per heavy atom. The summed E-state index contributed by atoms with van der Waals surface area (Å²) in [5.74, 6) is -0.953. The molecule has 0 aliphatic rings. The lowest BCUT2D eigenvalue weighted by atomic mass is 9.93. The molecule has 0 fully saturated rings. The van der Waals surface area contributed by atoms with Crippen LogP contribution in [0.15, 0.2) is 152 Å². The second-order valence-corrected chi connectivity index (χ2v) is 11.9. The molecule has 0 spiro atoms. The molecule has 0 unspecified atom stereocenters. The van der Waals surface area contributed by atoms with E-state index in [0.717, 1.165) is 60.9 Å². The highest BCUT2D eigenvalue weighted by Gasteiger charge is 2.19. The van der Waals surface area contributed by atoms with E-state index < -0.39 is 11.6 Å². The van der Waals surface area contributed by atoms with E-state index in [1.807, 2.05) is 78.9 Å². The zero-order valence-corrected chi connectivity index (χ0v) is 26.0. The lowest BCUT2D eigenvalue weighted by molar-refractivity contribution is 0.627. The van der Waals surface area contributed by atoms with Gasteiger partial charge in [-0.15, -0.1) is 0 Å². The molecule has 0 saturated heterocycles. The zero-order valence-electron chi connectivity index (χ0n) is 26.0. The van der Waals surface area contributed by atoms with Gasteiger partial charge >= 0.3 is 0 Å². The SMILES string of the molecule is [C-]#[N+]c1cc(F)cc(-c2ccc3c(c2)c2cc(-c4cc(F)cc(C#N)c4)ccc2n3-c2ccccc2-c2ccccc2-c2ccccc2)c1. The molecule has 1 heterocycles. The third kappa shape index (κ3) is 5.30. The third-order valence-electron chi connectivity index (χ3n) is 8.92. The molecule has 0 aliphatic heterocycles. The molecular weight excluding hydrogens is 609 g/mol. The fourth-order valence-electron chi connectivity index (χ4n) is 6.75. The molecule has 7 aromatic carbocycles. The minimum Gasteiger partial charge on any atom is -0.309 e. The molecule has 0 radical (unpaired) electrons. The second-order valence-electron chi connectivity index (χ2n) is 11.9. The average molecular weight is 634 g/mol. The Balaban J connectivity index is 1.42. The predicted octanol–water partition coefficient (Wildman–Crippen LogP) is 12.2. The van der Waals surface area contributed by atoms with Gasteiger partial charge in [-0.25, -0.2) is 13.6 Å². The van der Waals surface area contributed by atoms with E-state index in [0.29, 0.717) is 11.1 Å². The normalized spacial score (nSPS) is 11.0. The van der Waals surface area contributed by atoms with Gasteiger partial charge < -0.3 is 4.57 Å². The number of nitriles is 1. The summed E-state index contributed by atoms with van der Waals surface area (Å²) in [6.45, 7) is 7.46. The molecule has 1 aromatic heterocycles. The van der Waals surface area contributed by atoms with Crippen LogP contribution < -0.4 is 0 Å². The van der Waals surface area contributed by atoms with Crippen LogP contribution in [0.2, 0.25) is 0 Å². The van der Waals surface area contributed by atoms with Crippen LogP contribution in [-0.2, 0) is 0 Å². The molecule has 0 atom stereocenters. The average Bonchev–Trinajstić information content (AvgIpc) is 3.47. The number of benzene rings is 7. The number of fused-ring (bicyclic) bond motifs is 3. The molecular formula is C44H25F2N3. The first-order valence-electron chi connectivity index (χ1n) is 15.7. The van der Waals surface area contributed by atoms with Crippen LogP contribution >= 0.6 is 0 Å². The van der Waals surface area contributed by atoms with Crippen LogP contribution in [0.25, 0.3) is 76.8 Å². The van der Waals surface area contributed by atoms with Crippen LogP contribution in [0.1, 0.15) is 5.56 Å². The summed E-state index contributed by atoms with van der Waals surface area (Å²) < 4.78 is 31.4. The first-order chi connectivity index (χ1) is 24.0. The molecule has 230 valence electrons. The van der Waals surface area contributed by atoms with Crippen molar-refractivity contribution in [3.63, 3.8) is 0 Å². The summed E-state index contributed by atoms with van der Waals surface area (Å²) in [5.41, 5.74) is 10.4. The molecule has 0 aliphatic carbocycles. The Morgan fingerprint density at radius 3 is 1.73 bits per heavy atom. The van der Waals surface area contributed by atoms with Gasteiger partial charge in [0.2, 0.25) is 0 Å². The molecule has 8 aromatic rings. The molecule has 0 bridgehead atoms. The van der Waals surface area contributed by atoms with Gasteiger partial charge in [0.05, 0.1) is 34.9 Å². The fraction of sp³-hybridized carbons (Fsp3) is 0. The van der Waals surface area contributed by atoms with Crippen LogP contribution in [0.3, 0.4) is 0 Å². The maximum atomic E-state index is 14.6. The Morgan fingerprint density at radius 2 is 1.08 bits per heavy atom. The molecule has 49 heavy (non-hydrogen) atoms. The summed E-state index contributed by atoms with van der Waals surface area (Å²) in [6.07, 6.45) is 0. The summed E-state index contributed by atoms with van der Waals surface area (Å²) in [6, 6.07) is 49.7. The smallest absolute Gasteiger partial charge is 0.190 e. The largest absolute Gasteiger partial charge is 0.309 e. The Bertz CT molecular complexity index is 2540. The van der Waals surface area contributed by atoms with Crippen molar-refractivity contribution in [2.24, 2.45) is 0 Å².